The fourth-order valence-electron chi connectivity index (χ4n) is 4.74. The third kappa shape index (κ3) is 1.54. The van der Waals surface area contributed by atoms with Crippen LogP contribution in [0.15, 0.2) is 0 Å². The zero-order valence-corrected chi connectivity index (χ0v) is 10.2. The van der Waals surface area contributed by atoms with Gasteiger partial charge in [0, 0.05) is 12.1 Å². The average Bonchev–Trinajstić information content (AvgIpc) is 2.87. The van der Waals surface area contributed by atoms with Gasteiger partial charge in [0.2, 0.25) is 0 Å². The van der Waals surface area contributed by atoms with E-state index in [1.807, 2.05) is 0 Å². The van der Waals surface area contributed by atoms with Crippen molar-refractivity contribution >= 4 is 0 Å². The third-order valence-corrected chi connectivity index (χ3v) is 5.54. The molecular weight excluding hydrogens is 182 g/mol. The highest BCUT2D eigenvalue weighted by Crippen LogP contribution is 2.58. The summed E-state index contributed by atoms with van der Waals surface area (Å²) in [5.74, 6) is 4.41. The lowest BCUT2D eigenvalue weighted by atomic mass is 9.79. The van der Waals surface area contributed by atoms with Gasteiger partial charge in [-0.25, -0.2) is 0 Å². The predicted molar refractivity (Wildman–Crippen MR) is 63.7 cm³/mol. The number of hydrogen-bond donors (Lipinski definition) is 1. The zero-order valence-electron chi connectivity index (χ0n) is 10.2. The second kappa shape index (κ2) is 3.76. The number of fused-ring (bicyclic) bond motifs is 5. The van der Waals surface area contributed by atoms with Crippen LogP contribution in [0.1, 0.15) is 52.4 Å². The maximum atomic E-state index is 3.87. The van der Waals surface area contributed by atoms with Crippen LogP contribution in [0.4, 0.5) is 0 Å². The van der Waals surface area contributed by atoms with Crippen molar-refractivity contribution in [1.29, 1.82) is 0 Å². The molecule has 0 spiro atoms. The summed E-state index contributed by atoms with van der Waals surface area (Å²) < 4.78 is 0. The van der Waals surface area contributed by atoms with Crippen molar-refractivity contribution in [2.24, 2.45) is 23.7 Å². The van der Waals surface area contributed by atoms with E-state index in [-0.39, 0.29) is 0 Å². The van der Waals surface area contributed by atoms with Gasteiger partial charge in [0.15, 0.2) is 0 Å². The van der Waals surface area contributed by atoms with E-state index in [1.54, 1.807) is 19.3 Å². The van der Waals surface area contributed by atoms with E-state index in [1.165, 1.54) is 19.3 Å². The lowest BCUT2D eigenvalue weighted by molar-refractivity contribution is 0.199. The Morgan fingerprint density at radius 1 is 1.13 bits per heavy atom. The smallest absolute Gasteiger partial charge is 0.0103 e. The van der Waals surface area contributed by atoms with Crippen molar-refractivity contribution in [3.05, 3.63) is 0 Å². The van der Waals surface area contributed by atoms with Crippen LogP contribution in [0.2, 0.25) is 0 Å². The Morgan fingerprint density at radius 3 is 2.73 bits per heavy atom. The number of rotatable bonds is 3. The van der Waals surface area contributed by atoms with Gasteiger partial charge in [-0.1, -0.05) is 13.3 Å². The summed E-state index contributed by atoms with van der Waals surface area (Å²) in [6.07, 6.45) is 8.96. The summed E-state index contributed by atoms with van der Waals surface area (Å²) in [4.78, 5) is 0. The van der Waals surface area contributed by atoms with E-state index >= 15 is 0 Å². The molecule has 0 heterocycles. The Morgan fingerprint density at radius 2 is 1.93 bits per heavy atom. The molecule has 0 radical (unpaired) electrons. The van der Waals surface area contributed by atoms with Crippen LogP contribution in [-0.2, 0) is 0 Å². The van der Waals surface area contributed by atoms with Crippen LogP contribution in [0.25, 0.3) is 0 Å². The van der Waals surface area contributed by atoms with Gasteiger partial charge >= 0.3 is 0 Å². The number of nitrogens with one attached hydrogen (secondary N) is 1. The van der Waals surface area contributed by atoms with Crippen LogP contribution in [0.3, 0.4) is 0 Å². The molecule has 1 N–H and O–H groups in total. The van der Waals surface area contributed by atoms with E-state index < -0.39 is 0 Å². The average molecular weight is 207 g/mol. The van der Waals surface area contributed by atoms with Gasteiger partial charge in [0.1, 0.15) is 0 Å². The fourth-order valence-corrected chi connectivity index (χ4v) is 4.74. The largest absolute Gasteiger partial charge is 0.311 e. The second-order valence-corrected chi connectivity index (χ2v) is 6.24. The van der Waals surface area contributed by atoms with Gasteiger partial charge in [-0.05, 0) is 62.7 Å². The Balaban J connectivity index is 1.65. The highest BCUT2D eigenvalue weighted by Gasteiger charge is 2.53. The minimum absolute atomic E-state index is 0.731. The van der Waals surface area contributed by atoms with E-state index in [2.05, 4.69) is 19.2 Å². The molecule has 6 atom stereocenters. The number of hydrogen-bond acceptors (Lipinski definition) is 1. The minimum atomic E-state index is 0.731. The first-order valence-electron chi connectivity index (χ1n) is 7.05. The lowest BCUT2D eigenvalue weighted by Gasteiger charge is -2.33. The van der Waals surface area contributed by atoms with Crippen molar-refractivity contribution in [3.8, 4) is 0 Å². The monoisotopic (exact) mass is 207 g/mol. The molecule has 86 valence electrons. The fraction of sp³-hybridized carbons (Fsp3) is 1.00. The molecule has 0 aromatic heterocycles. The molecule has 0 amide bonds. The van der Waals surface area contributed by atoms with Crippen LogP contribution in [0, 0.1) is 23.7 Å². The molecular formula is C14H25N. The SMILES string of the molecule is CC[C@H](C)N[C@H]1C[C@@H]2C[C@@H]1[C@H]1CCC[C@H]21. The third-order valence-electron chi connectivity index (χ3n) is 5.54. The molecule has 15 heavy (non-hydrogen) atoms. The summed E-state index contributed by atoms with van der Waals surface area (Å²) in [7, 11) is 0. The topological polar surface area (TPSA) is 12.0 Å². The summed E-state index contributed by atoms with van der Waals surface area (Å²) in [5.41, 5.74) is 0. The summed E-state index contributed by atoms with van der Waals surface area (Å²) in [6.45, 7) is 4.64. The normalized spacial score (nSPS) is 49.6. The molecule has 0 unspecified atom stereocenters. The van der Waals surface area contributed by atoms with Crippen LogP contribution >= 0.6 is 0 Å². The van der Waals surface area contributed by atoms with E-state index in [0.717, 1.165) is 35.8 Å². The van der Waals surface area contributed by atoms with Gasteiger partial charge in [0.25, 0.3) is 0 Å². The molecule has 3 saturated carbocycles. The van der Waals surface area contributed by atoms with Crippen LogP contribution in [-0.4, -0.2) is 12.1 Å². The van der Waals surface area contributed by atoms with Gasteiger partial charge in [0.05, 0.1) is 0 Å². The molecule has 3 rings (SSSR count). The molecule has 0 aromatic rings. The van der Waals surface area contributed by atoms with E-state index in [9.17, 15) is 0 Å². The lowest BCUT2D eigenvalue weighted by Crippen LogP contribution is -2.43. The Bertz CT molecular complexity index is 237. The first-order chi connectivity index (χ1) is 7.29. The Labute approximate surface area is 94.0 Å². The summed E-state index contributed by atoms with van der Waals surface area (Å²) in [6, 6.07) is 1.61. The summed E-state index contributed by atoms with van der Waals surface area (Å²) >= 11 is 0. The molecule has 1 nitrogen and oxygen atoms in total. The summed E-state index contributed by atoms with van der Waals surface area (Å²) in [5, 5.41) is 3.87. The van der Waals surface area contributed by atoms with Crippen molar-refractivity contribution in [2.75, 3.05) is 0 Å². The maximum Gasteiger partial charge on any atom is 0.0103 e. The first-order valence-corrected chi connectivity index (χ1v) is 7.05. The predicted octanol–water partition coefficient (Wildman–Crippen LogP) is 3.20. The van der Waals surface area contributed by atoms with Gasteiger partial charge in [-0.15, -0.1) is 0 Å². The van der Waals surface area contributed by atoms with Crippen LogP contribution in [0.5, 0.6) is 0 Å². The quantitative estimate of drug-likeness (QED) is 0.749. The van der Waals surface area contributed by atoms with E-state index in [0.29, 0.717) is 0 Å². The van der Waals surface area contributed by atoms with Crippen molar-refractivity contribution in [3.63, 3.8) is 0 Å². The molecule has 0 aromatic carbocycles. The highest BCUT2D eigenvalue weighted by molar-refractivity contribution is 5.05. The van der Waals surface area contributed by atoms with Crippen LogP contribution < -0.4 is 5.32 Å². The van der Waals surface area contributed by atoms with Crippen molar-refractivity contribution < 1.29 is 0 Å². The molecule has 0 saturated heterocycles. The molecule has 0 aliphatic heterocycles. The van der Waals surface area contributed by atoms with Crippen molar-refractivity contribution in [1.82, 2.24) is 5.32 Å². The van der Waals surface area contributed by atoms with Gasteiger partial charge in [-0.2, -0.15) is 0 Å². The standard InChI is InChI=1S/C14H25N/c1-3-9(2)15-14-8-10-7-13(14)12-6-4-5-11(10)12/h9-15H,3-8H2,1-2H3/t9-,10-,11+,12-,13+,14-/m0/s1. The van der Waals surface area contributed by atoms with Gasteiger partial charge < -0.3 is 5.32 Å². The molecule has 3 aliphatic rings. The van der Waals surface area contributed by atoms with E-state index in [4.69, 9.17) is 0 Å². The highest BCUT2D eigenvalue weighted by atomic mass is 15.0. The minimum Gasteiger partial charge on any atom is -0.311 e. The molecule has 3 fully saturated rings. The molecule has 1 heteroatoms. The van der Waals surface area contributed by atoms with Crippen molar-refractivity contribution in [2.45, 2.75) is 64.5 Å². The second-order valence-electron chi connectivity index (χ2n) is 6.24. The molecule has 3 aliphatic carbocycles. The zero-order chi connectivity index (χ0) is 10.4. The Kier molecular flexibility index (Phi) is 2.54. The first kappa shape index (κ1) is 10.1. The van der Waals surface area contributed by atoms with Gasteiger partial charge in [-0.3, -0.25) is 0 Å². The molecule has 2 bridgehead atoms. The Hall–Kier alpha value is -0.0400. The maximum absolute atomic E-state index is 3.87.